The van der Waals surface area contributed by atoms with Crippen molar-refractivity contribution in [3.05, 3.63) is 35.5 Å². The molecule has 3 heterocycles. The van der Waals surface area contributed by atoms with Crippen molar-refractivity contribution in [1.29, 1.82) is 0 Å². The SMILES string of the molecule is CNc1cc(C)nc(Nc2cc3c(c(C4=C[C@H]5CNC[C@H]5C4)c2)OCCO3)n1. The Kier molecular flexibility index (Phi) is 4.31. The van der Waals surface area contributed by atoms with E-state index >= 15 is 0 Å². The fourth-order valence-corrected chi connectivity index (χ4v) is 4.33. The Morgan fingerprint density at radius 3 is 2.86 bits per heavy atom. The van der Waals surface area contributed by atoms with Crippen LogP contribution >= 0.6 is 0 Å². The number of fused-ring (bicyclic) bond motifs is 2. The first-order chi connectivity index (χ1) is 13.7. The van der Waals surface area contributed by atoms with Crippen molar-refractivity contribution < 1.29 is 9.47 Å². The molecule has 0 bridgehead atoms. The number of hydrogen-bond acceptors (Lipinski definition) is 7. The molecule has 2 aliphatic heterocycles. The number of aryl methyl sites for hydroxylation is 1. The van der Waals surface area contributed by atoms with Gasteiger partial charge in [0.25, 0.3) is 0 Å². The van der Waals surface area contributed by atoms with Crippen molar-refractivity contribution >= 4 is 23.0 Å². The number of nitrogens with zero attached hydrogens (tertiary/aromatic N) is 2. The number of nitrogens with one attached hydrogen (secondary N) is 3. The molecular formula is C21H25N5O2. The molecule has 146 valence electrons. The first-order valence-electron chi connectivity index (χ1n) is 9.85. The number of hydrogen-bond donors (Lipinski definition) is 3. The Morgan fingerprint density at radius 2 is 2.00 bits per heavy atom. The molecule has 1 fully saturated rings. The Bertz CT molecular complexity index is 943. The van der Waals surface area contributed by atoms with Crippen LogP contribution in [0.4, 0.5) is 17.5 Å². The maximum atomic E-state index is 6.00. The highest BCUT2D eigenvalue weighted by atomic mass is 16.6. The molecule has 2 atom stereocenters. The second-order valence-corrected chi connectivity index (χ2v) is 7.62. The van der Waals surface area contributed by atoms with Crippen molar-refractivity contribution in [2.75, 3.05) is 44.0 Å². The maximum absolute atomic E-state index is 6.00. The molecule has 7 heteroatoms. The summed E-state index contributed by atoms with van der Waals surface area (Å²) in [6, 6.07) is 6.02. The molecule has 0 amide bonds. The van der Waals surface area contributed by atoms with Gasteiger partial charge in [-0.05, 0) is 43.4 Å². The van der Waals surface area contributed by atoms with Crippen LogP contribution in [0.5, 0.6) is 11.5 Å². The van der Waals surface area contributed by atoms with Crippen LogP contribution in [-0.2, 0) is 0 Å². The molecule has 0 saturated carbocycles. The van der Waals surface area contributed by atoms with E-state index in [1.54, 1.807) is 0 Å². The van der Waals surface area contributed by atoms with Crippen molar-refractivity contribution in [2.45, 2.75) is 13.3 Å². The normalized spacial score (nSPS) is 22.6. The molecule has 3 N–H and O–H groups in total. The zero-order valence-corrected chi connectivity index (χ0v) is 16.2. The Hall–Kier alpha value is -2.80. The average Bonchev–Trinajstić information content (AvgIpc) is 3.29. The van der Waals surface area contributed by atoms with Crippen LogP contribution in [0.1, 0.15) is 17.7 Å². The van der Waals surface area contributed by atoms with Crippen molar-refractivity contribution in [3.63, 3.8) is 0 Å². The van der Waals surface area contributed by atoms with E-state index in [1.807, 2.05) is 26.1 Å². The summed E-state index contributed by atoms with van der Waals surface area (Å²) in [5, 5.41) is 9.90. The fourth-order valence-electron chi connectivity index (χ4n) is 4.33. The smallest absolute Gasteiger partial charge is 0.229 e. The third-order valence-electron chi connectivity index (χ3n) is 5.64. The van der Waals surface area contributed by atoms with E-state index in [2.05, 4.69) is 38.1 Å². The van der Waals surface area contributed by atoms with Gasteiger partial charge in [-0.1, -0.05) is 6.08 Å². The largest absolute Gasteiger partial charge is 0.486 e. The zero-order valence-electron chi connectivity index (χ0n) is 16.2. The molecule has 1 aromatic carbocycles. The summed E-state index contributed by atoms with van der Waals surface area (Å²) >= 11 is 0. The predicted molar refractivity (Wildman–Crippen MR) is 109 cm³/mol. The van der Waals surface area contributed by atoms with Crippen LogP contribution in [0, 0.1) is 18.8 Å². The summed E-state index contributed by atoms with van der Waals surface area (Å²) in [5.41, 5.74) is 4.28. The van der Waals surface area contributed by atoms with Gasteiger partial charge in [0.2, 0.25) is 5.95 Å². The van der Waals surface area contributed by atoms with Crippen LogP contribution in [0.3, 0.4) is 0 Å². The molecule has 28 heavy (non-hydrogen) atoms. The number of aromatic nitrogens is 2. The number of allylic oxidation sites excluding steroid dienone is 1. The average molecular weight is 379 g/mol. The molecular weight excluding hydrogens is 354 g/mol. The lowest BCUT2D eigenvalue weighted by molar-refractivity contribution is 0.171. The summed E-state index contributed by atoms with van der Waals surface area (Å²) in [7, 11) is 1.85. The second kappa shape index (κ2) is 6.98. The van der Waals surface area contributed by atoms with Crippen molar-refractivity contribution in [2.24, 2.45) is 11.8 Å². The highest BCUT2D eigenvalue weighted by Crippen LogP contribution is 2.46. The molecule has 1 aliphatic carbocycles. The van der Waals surface area contributed by atoms with E-state index in [0.717, 1.165) is 53.8 Å². The number of ether oxygens (including phenoxy) is 2. The zero-order chi connectivity index (χ0) is 19.1. The number of benzene rings is 1. The maximum Gasteiger partial charge on any atom is 0.229 e. The molecule has 5 rings (SSSR count). The summed E-state index contributed by atoms with van der Waals surface area (Å²) in [6.07, 6.45) is 3.48. The van der Waals surface area contributed by atoms with E-state index in [4.69, 9.17) is 9.47 Å². The van der Waals surface area contributed by atoms with E-state index in [-0.39, 0.29) is 0 Å². The van der Waals surface area contributed by atoms with Gasteiger partial charge in [-0.15, -0.1) is 0 Å². The van der Waals surface area contributed by atoms with Gasteiger partial charge in [0.1, 0.15) is 19.0 Å². The first-order valence-corrected chi connectivity index (χ1v) is 9.85. The predicted octanol–water partition coefficient (Wildman–Crippen LogP) is 2.96. The van der Waals surface area contributed by atoms with Crippen LogP contribution in [0.25, 0.3) is 5.57 Å². The molecule has 7 nitrogen and oxygen atoms in total. The summed E-state index contributed by atoms with van der Waals surface area (Å²) in [5.74, 6) is 4.29. The van der Waals surface area contributed by atoms with Gasteiger partial charge in [0.15, 0.2) is 11.5 Å². The monoisotopic (exact) mass is 379 g/mol. The fraction of sp³-hybridized carbons (Fsp3) is 0.429. The van der Waals surface area contributed by atoms with E-state index in [9.17, 15) is 0 Å². The molecule has 0 radical (unpaired) electrons. The number of anilines is 3. The molecule has 0 unspecified atom stereocenters. The Morgan fingerprint density at radius 1 is 1.11 bits per heavy atom. The van der Waals surface area contributed by atoms with Crippen LogP contribution < -0.4 is 25.4 Å². The van der Waals surface area contributed by atoms with Crippen LogP contribution in [-0.4, -0.2) is 43.3 Å². The minimum Gasteiger partial charge on any atom is -0.486 e. The number of rotatable bonds is 4. The topological polar surface area (TPSA) is 80.3 Å². The quantitative estimate of drug-likeness (QED) is 0.754. The van der Waals surface area contributed by atoms with Gasteiger partial charge in [-0.3, -0.25) is 0 Å². The third kappa shape index (κ3) is 3.16. The van der Waals surface area contributed by atoms with E-state index in [0.29, 0.717) is 31.0 Å². The summed E-state index contributed by atoms with van der Waals surface area (Å²) in [6.45, 7) is 5.26. The van der Waals surface area contributed by atoms with Crippen molar-refractivity contribution in [1.82, 2.24) is 15.3 Å². The van der Waals surface area contributed by atoms with Crippen molar-refractivity contribution in [3.8, 4) is 11.5 Å². The molecule has 2 aromatic rings. The minimum absolute atomic E-state index is 0.563. The van der Waals surface area contributed by atoms with Gasteiger partial charge in [0, 0.05) is 42.7 Å². The van der Waals surface area contributed by atoms with Gasteiger partial charge >= 0.3 is 0 Å². The lowest BCUT2D eigenvalue weighted by atomic mass is 9.97. The minimum atomic E-state index is 0.563. The Balaban J connectivity index is 1.52. The van der Waals surface area contributed by atoms with E-state index in [1.165, 1.54) is 5.57 Å². The second-order valence-electron chi connectivity index (χ2n) is 7.62. The molecule has 1 aromatic heterocycles. The third-order valence-corrected chi connectivity index (χ3v) is 5.64. The van der Waals surface area contributed by atoms with E-state index < -0.39 is 0 Å². The highest BCUT2D eigenvalue weighted by Gasteiger charge is 2.33. The summed E-state index contributed by atoms with van der Waals surface area (Å²) < 4.78 is 11.9. The van der Waals surface area contributed by atoms with Gasteiger partial charge in [-0.25, -0.2) is 4.98 Å². The van der Waals surface area contributed by atoms with Crippen LogP contribution in [0.2, 0.25) is 0 Å². The lowest BCUT2D eigenvalue weighted by Crippen LogP contribution is -2.17. The van der Waals surface area contributed by atoms with Gasteiger partial charge in [0.05, 0.1) is 0 Å². The molecule has 1 saturated heterocycles. The Labute approximate surface area is 164 Å². The highest BCUT2D eigenvalue weighted by molar-refractivity contribution is 5.79. The summed E-state index contributed by atoms with van der Waals surface area (Å²) in [4.78, 5) is 9.01. The lowest BCUT2D eigenvalue weighted by Gasteiger charge is -2.23. The van der Waals surface area contributed by atoms with Gasteiger partial charge in [-0.2, -0.15) is 4.98 Å². The first kappa shape index (κ1) is 17.3. The molecule has 0 spiro atoms. The standard InChI is InChI=1S/C21H25N5O2/c1-12-5-19(22-2)26-21(24-12)25-16-8-17(20-18(9-16)27-3-4-28-20)13-6-14-10-23-11-15(14)7-13/h5-6,8-9,14-15,23H,3-4,7,10-11H2,1-2H3,(H2,22,24,25,26)/t14-,15+/m0/s1. The molecule has 3 aliphatic rings. The van der Waals surface area contributed by atoms with Gasteiger partial charge < -0.3 is 25.4 Å². The van der Waals surface area contributed by atoms with Crippen LogP contribution in [0.15, 0.2) is 24.3 Å².